The number of Topliss-reactive ketones (excluding diaryl/α,β-unsaturated/α-hetero) is 1. The number of hydrogen-bond donors (Lipinski definition) is 1. The van der Waals surface area contributed by atoms with E-state index < -0.39 is 23.7 Å². The first-order chi connectivity index (χ1) is 19.7. The van der Waals surface area contributed by atoms with Gasteiger partial charge in [0.15, 0.2) is 16.6 Å². The van der Waals surface area contributed by atoms with E-state index in [4.69, 9.17) is 18.9 Å². The van der Waals surface area contributed by atoms with E-state index in [0.717, 1.165) is 24.2 Å². The minimum Gasteiger partial charge on any atom is -0.507 e. The van der Waals surface area contributed by atoms with Crippen LogP contribution in [-0.2, 0) is 14.3 Å². The second kappa shape index (κ2) is 12.9. The van der Waals surface area contributed by atoms with Gasteiger partial charge in [-0.25, -0.2) is 9.78 Å². The lowest BCUT2D eigenvalue weighted by Gasteiger charge is -2.24. The molecule has 0 saturated carbocycles. The number of nitrogens with zero attached hydrogens (tertiary/aromatic N) is 2. The van der Waals surface area contributed by atoms with Crippen molar-refractivity contribution < 1.29 is 38.4 Å². The number of carbonyl (C=O) groups excluding carboxylic acids is 3. The first-order valence-corrected chi connectivity index (χ1v) is 14.0. The van der Waals surface area contributed by atoms with Crippen LogP contribution in [0.25, 0.3) is 5.76 Å². The Morgan fingerprint density at radius 3 is 2.41 bits per heavy atom. The van der Waals surface area contributed by atoms with E-state index in [1.807, 2.05) is 6.92 Å². The number of ketones is 1. The van der Waals surface area contributed by atoms with Crippen LogP contribution in [0.5, 0.6) is 17.2 Å². The lowest BCUT2D eigenvalue weighted by molar-refractivity contribution is -0.132. The normalized spacial score (nSPS) is 16.1. The Morgan fingerprint density at radius 1 is 1.05 bits per heavy atom. The van der Waals surface area contributed by atoms with Crippen LogP contribution < -0.4 is 19.1 Å². The minimum absolute atomic E-state index is 0.113. The van der Waals surface area contributed by atoms with Crippen molar-refractivity contribution >= 4 is 39.9 Å². The molecule has 1 aromatic heterocycles. The molecule has 0 radical (unpaired) electrons. The number of aromatic nitrogens is 1. The summed E-state index contributed by atoms with van der Waals surface area (Å²) in [5, 5.41) is 11.6. The van der Waals surface area contributed by atoms with Gasteiger partial charge in [0.1, 0.15) is 16.4 Å². The third kappa shape index (κ3) is 5.90. The van der Waals surface area contributed by atoms with Crippen LogP contribution in [0.15, 0.2) is 48.0 Å². The number of aryl methyl sites for hydroxylation is 1. The van der Waals surface area contributed by atoms with Gasteiger partial charge < -0.3 is 24.1 Å². The maximum atomic E-state index is 13.5. The molecular formula is C30H32N2O8S. The van der Waals surface area contributed by atoms with Crippen molar-refractivity contribution in [1.82, 2.24) is 4.98 Å². The Balaban J connectivity index is 1.87. The molecule has 4 rings (SSSR count). The van der Waals surface area contributed by atoms with Crippen LogP contribution in [0.3, 0.4) is 0 Å². The van der Waals surface area contributed by atoms with Gasteiger partial charge in [0, 0.05) is 5.56 Å². The third-order valence-electron chi connectivity index (χ3n) is 6.50. The predicted octanol–water partition coefficient (Wildman–Crippen LogP) is 5.45. The number of thiazole rings is 1. The molecular weight excluding hydrogens is 548 g/mol. The zero-order valence-electron chi connectivity index (χ0n) is 23.6. The summed E-state index contributed by atoms with van der Waals surface area (Å²) < 4.78 is 21.7. The third-order valence-corrected chi connectivity index (χ3v) is 7.64. The molecule has 2 aromatic carbocycles. The van der Waals surface area contributed by atoms with Crippen molar-refractivity contribution in [3.8, 4) is 17.2 Å². The topological polar surface area (TPSA) is 124 Å². The number of rotatable bonds is 11. The van der Waals surface area contributed by atoms with Crippen LogP contribution >= 0.6 is 11.3 Å². The van der Waals surface area contributed by atoms with Crippen molar-refractivity contribution in [3.63, 3.8) is 0 Å². The summed E-state index contributed by atoms with van der Waals surface area (Å²) in [6.45, 7) is 6.49. The molecule has 1 N–H and O–H groups in total. The quantitative estimate of drug-likeness (QED) is 0.104. The highest BCUT2D eigenvalue weighted by molar-refractivity contribution is 7.17. The minimum atomic E-state index is -1.07. The van der Waals surface area contributed by atoms with Crippen molar-refractivity contribution in [2.24, 2.45) is 0 Å². The molecule has 1 unspecified atom stereocenters. The molecule has 0 bridgehead atoms. The number of esters is 1. The summed E-state index contributed by atoms with van der Waals surface area (Å²) in [6.07, 6.45) is 1.90. The van der Waals surface area contributed by atoms with Gasteiger partial charge in [0.05, 0.1) is 44.7 Å². The molecule has 0 aliphatic carbocycles. The van der Waals surface area contributed by atoms with E-state index in [1.54, 1.807) is 49.4 Å². The van der Waals surface area contributed by atoms with E-state index in [0.29, 0.717) is 47.3 Å². The highest BCUT2D eigenvalue weighted by atomic mass is 32.1. The van der Waals surface area contributed by atoms with Crippen LogP contribution in [0, 0.1) is 6.92 Å². The summed E-state index contributed by atoms with van der Waals surface area (Å²) in [5.41, 5.74) is 1.02. The van der Waals surface area contributed by atoms with Crippen molar-refractivity contribution in [3.05, 3.63) is 69.7 Å². The van der Waals surface area contributed by atoms with Crippen LogP contribution in [0.2, 0.25) is 0 Å². The number of carbonyl (C=O) groups is 3. The molecule has 10 nitrogen and oxygen atoms in total. The van der Waals surface area contributed by atoms with Crippen molar-refractivity contribution in [2.75, 3.05) is 32.3 Å². The number of ether oxygens (including phenoxy) is 4. The van der Waals surface area contributed by atoms with Gasteiger partial charge >= 0.3 is 11.9 Å². The largest absolute Gasteiger partial charge is 0.507 e. The van der Waals surface area contributed by atoms with Crippen LogP contribution in [0.4, 0.5) is 5.13 Å². The standard InChI is InChI=1S/C30H32N2O8S/c1-6-8-15-40-20-12-9-18(10-13-20)25(33)23-24(19-11-14-21(39-7-2)22(16-19)37-4)32(28(35)26(23)34)30-31-17(3)27(41-30)29(36)38-5/h9-14,16,24,33H,6-8,15H2,1-5H3. The number of methoxy groups -OCH3 is 2. The van der Waals surface area contributed by atoms with Crippen LogP contribution in [-0.4, -0.2) is 55.2 Å². The fourth-order valence-electron chi connectivity index (χ4n) is 4.44. The number of hydrogen-bond acceptors (Lipinski definition) is 10. The van der Waals surface area contributed by atoms with Crippen molar-refractivity contribution in [1.29, 1.82) is 0 Å². The summed E-state index contributed by atoms with van der Waals surface area (Å²) in [4.78, 5) is 45.2. The Labute approximate surface area is 242 Å². The van der Waals surface area contributed by atoms with E-state index in [2.05, 4.69) is 11.9 Å². The number of benzene rings is 2. The Bertz CT molecular complexity index is 1480. The van der Waals surface area contributed by atoms with E-state index in [9.17, 15) is 19.5 Å². The Kier molecular flexibility index (Phi) is 9.28. The molecule has 2 heterocycles. The van der Waals surface area contributed by atoms with E-state index in [-0.39, 0.29) is 21.3 Å². The average Bonchev–Trinajstić information content (AvgIpc) is 3.49. The average molecular weight is 581 g/mol. The molecule has 3 aromatic rings. The Morgan fingerprint density at radius 2 is 1.78 bits per heavy atom. The lowest BCUT2D eigenvalue weighted by atomic mass is 9.95. The maximum absolute atomic E-state index is 13.5. The predicted molar refractivity (Wildman–Crippen MR) is 154 cm³/mol. The molecule has 1 atom stereocenters. The highest BCUT2D eigenvalue weighted by Crippen LogP contribution is 2.45. The zero-order valence-corrected chi connectivity index (χ0v) is 24.4. The van der Waals surface area contributed by atoms with Gasteiger partial charge in [-0.2, -0.15) is 0 Å². The van der Waals surface area contributed by atoms with Gasteiger partial charge in [-0.15, -0.1) is 0 Å². The fourth-order valence-corrected chi connectivity index (χ4v) is 5.45. The number of unbranched alkanes of at least 4 members (excludes halogenated alkanes) is 1. The highest BCUT2D eigenvalue weighted by Gasteiger charge is 2.48. The first-order valence-electron chi connectivity index (χ1n) is 13.2. The Hall–Kier alpha value is -4.38. The summed E-state index contributed by atoms with van der Waals surface area (Å²) in [5.74, 6) is -1.27. The lowest BCUT2D eigenvalue weighted by Crippen LogP contribution is -2.29. The first kappa shape index (κ1) is 29.6. The molecule has 0 spiro atoms. The fraction of sp³-hybridized carbons (Fsp3) is 0.333. The number of anilines is 1. The molecule has 216 valence electrons. The molecule has 41 heavy (non-hydrogen) atoms. The van der Waals surface area contributed by atoms with Gasteiger partial charge in [0.2, 0.25) is 0 Å². The number of aliphatic hydroxyl groups is 1. The monoisotopic (exact) mass is 580 g/mol. The van der Waals surface area contributed by atoms with Crippen molar-refractivity contribution in [2.45, 2.75) is 39.7 Å². The van der Waals surface area contributed by atoms with Gasteiger partial charge in [-0.05, 0) is 62.2 Å². The van der Waals surface area contributed by atoms with Gasteiger partial charge in [-0.3, -0.25) is 14.5 Å². The maximum Gasteiger partial charge on any atom is 0.350 e. The summed E-state index contributed by atoms with van der Waals surface area (Å²) in [7, 11) is 2.73. The second-order valence-corrected chi connectivity index (χ2v) is 10.1. The molecule has 1 saturated heterocycles. The molecule has 1 amide bonds. The van der Waals surface area contributed by atoms with E-state index in [1.165, 1.54) is 19.1 Å². The smallest absolute Gasteiger partial charge is 0.350 e. The number of aliphatic hydroxyl groups excluding tert-OH is 1. The second-order valence-electron chi connectivity index (χ2n) is 9.14. The molecule has 1 aliphatic heterocycles. The zero-order chi connectivity index (χ0) is 29.7. The van der Waals surface area contributed by atoms with Gasteiger partial charge in [0.25, 0.3) is 5.78 Å². The van der Waals surface area contributed by atoms with Gasteiger partial charge in [-0.1, -0.05) is 30.7 Å². The van der Waals surface area contributed by atoms with E-state index >= 15 is 0 Å². The van der Waals surface area contributed by atoms with Crippen LogP contribution in [0.1, 0.15) is 59.2 Å². The molecule has 1 fully saturated rings. The summed E-state index contributed by atoms with van der Waals surface area (Å²) in [6, 6.07) is 10.6. The SMILES string of the molecule is CCCCOc1ccc(C(O)=C2C(=O)C(=O)N(c3nc(C)c(C(=O)OC)s3)C2c2ccc(OCC)c(OC)c2)cc1. The summed E-state index contributed by atoms with van der Waals surface area (Å²) >= 11 is 0.926. The molecule has 11 heteroatoms. The number of amides is 1. The molecule has 1 aliphatic rings.